The van der Waals surface area contributed by atoms with Crippen molar-refractivity contribution in [1.29, 1.82) is 0 Å². The third-order valence-corrected chi connectivity index (χ3v) is 3.56. The maximum Gasteiger partial charge on any atom is 0.344 e. The van der Waals surface area contributed by atoms with Gasteiger partial charge in [-0.05, 0) is 53.2 Å². The van der Waals surface area contributed by atoms with E-state index in [1.54, 1.807) is 36.4 Å². The second-order valence-corrected chi connectivity index (χ2v) is 5.15. The normalized spacial score (nSPS) is 10.0. The topological polar surface area (TPSA) is 52.6 Å². The van der Waals surface area contributed by atoms with E-state index in [1.807, 2.05) is 6.07 Å². The van der Waals surface area contributed by atoms with E-state index in [-0.39, 0.29) is 11.5 Å². The summed E-state index contributed by atoms with van der Waals surface area (Å²) in [6.45, 7) is 1.46. The van der Waals surface area contributed by atoms with Crippen molar-refractivity contribution in [2.75, 3.05) is 7.11 Å². The van der Waals surface area contributed by atoms with E-state index in [1.165, 1.54) is 14.0 Å². The zero-order chi connectivity index (χ0) is 15.4. The Morgan fingerprint density at radius 3 is 2.38 bits per heavy atom. The van der Waals surface area contributed by atoms with Crippen LogP contribution >= 0.6 is 15.9 Å². The summed E-state index contributed by atoms with van der Waals surface area (Å²) >= 11 is 3.30. The van der Waals surface area contributed by atoms with Gasteiger partial charge in [-0.2, -0.15) is 0 Å². The number of ketones is 1. The van der Waals surface area contributed by atoms with Gasteiger partial charge in [0.25, 0.3) is 0 Å². The van der Waals surface area contributed by atoms with Gasteiger partial charge in [-0.3, -0.25) is 4.79 Å². The Bertz CT molecular complexity index is 694. The van der Waals surface area contributed by atoms with Crippen LogP contribution in [-0.4, -0.2) is 18.9 Å². The van der Waals surface area contributed by atoms with E-state index < -0.39 is 5.97 Å². The predicted molar refractivity (Wildman–Crippen MR) is 82.1 cm³/mol. The van der Waals surface area contributed by atoms with E-state index in [2.05, 4.69) is 15.9 Å². The van der Waals surface area contributed by atoms with Gasteiger partial charge in [-0.25, -0.2) is 4.79 Å². The molecule has 0 N–H and O–H groups in total. The smallest absolute Gasteiger partial charge is 0.344 e. The number of carbonyl (C=O) groups is 2. The third-order valence-electron chi connectivity index (χ3n) is 2.87. The van der Waals surface area contributed by atoms with Crippen LogP contribution in [0.25, 0.3) is 0 Å². The molecule has 0 aromatic heterocycles. The fourth-order valence-electron chi connectivity index (χ4n) is 1.75. The second kappa shape index (κ2) is 6.54. The highest BCUT2D eigenvalue weighted by molar-refractivity contribution is 9.10. The van der Waals surface area contributed by atoms with Crippen LogP contribution in [0.1, 0.15) is 27.6 Å². The molecule has 0 fully saturated rings. The molecule has 4 nitrogen and oxygen atoms in total. The van der Waals surface area contributed by atoms with Crippen molar-refractivity contribution in [1.82, 2.24) is 0 Å². The average molecular weight is 349 g/mol. The number of hydrogen-bond acceptors (Lipinski definition) is 4. The van der Waals surface area contributed by atoms with Gasteiger partial charge in [0.05, 0.1) is 12.7 Å². The number of esters is 1. The highest BCUT2D eigenvalue weighted by atomic mass is 79.9. The monoisotopic (exact) mass is 348 g/mol. The number of hydrogen-bond donors (Lipinski definition) is 0. The molecule has 5 heteroatoms. The molecule has 108 valence electrons. The number of Topliss-reactive ketones (excluding diaryl/α,β-unsaturated/α-hetero) is 1. The molecule has 0 heterocycles. The lowest BCUT2D eigenvalue weighted by Crippen LogP contribution is -2.10. The summed E-state index contributed by atoms with van der Waals surface area (Å²) in [5, 5.41) is 0. The molecule has 0 saturated carbocycles. The van der Waals surface area contributed by atoms with E-state index in [9.17, 15) is 9.59 Å². The number of benzene rings is 2. The first-order valence-corrected chi connectivity index (χ1v) is 6.98. The molecule has 0 atom stereocenters. The van der Waals surface area contributed by atoms with Crippen LogP contribution in [0.2, 0.25) is 0 Å². The number of ether oxygens (including phenoxy) is 2. The van der Waals surface area contributed by atoms with Crippen LogP contribution in [0, 0.1) is 0 Å². The van der Waals surface area contributed by atoms with E-state index in [0.717, 1.165) is 0 Å². The molecule has 0 unspecified atom stereocenters. The molecule has 0 saturated heterocycles. The van der Waals surface area contributed by atoms with E-state index >= 15 is 0 Å². The van der Waals surface area contributed by atoms with Crippen LogP contribution in [-0.2, 0) is 0 Å². The van der Waals surface area contributed by atoms with Gasteiger partial charge in [-0.1, -0.05) is 12.1 Å². The molecule has 2 rings (SSSR count). The number of carbonyl (C=O) groups excluding carboxylic acids is 2. The predicted octanol–water partition coefficient (Wildman–Crippen LogP) is 3.88. The summed E-state index contributed by atoms with van der Waals surface area (Å²) in [6, 6.07) is 11.7. The quantitative estimate of drug-likeness (QED) is 0.478. The van der Waals surface area contributed by atoms with Crippen molar-refractivity contribution in [2.24, 2.45) is 0 Å². The Kier molecular flexibility index (Phi) is 4.75. The Morgan fingerprint density at radius 1 is 1.05 bits per heavy atom. The molecule has 2 aromatic carbocycles. The molecule has 0 aliphatic carbocycles. The van der Waals surface area contributed by atoms with Crippen LogP contribution in [0.3, 0.4) is 0 Å². The van der Waals surface area contributed by atoms with Crippen LogP contribution in [0.5, 0.6) is 11.5 Å². The van der Waals surface area contributed by atoms with Crippen LogP contribution in [0.15, 0.2) is 46.9 Å². The summed E-state index contributed by atoms with van der Waals surface area (Å²) in [7, 11) is 1.45. The number of rotatable bonds is 4. The lowest BCUT2D eigenvalue weighted by Gasteiger charge is -2.10. The minimum absolute atomic E-state index is 0.0861. The first-order valence-electron chi connectivity index (χ1n) is 6.18. The Labute approximate surface area is 130 Å². The van der Waals surface area contributed by atoms with Gasteiger partial charge in [0.15, 0.2) is 17.3 Å². The van der Waals surface area contributed by atoms with Crippen LogP contribution < -0.4 is 9.47 Å². The molecule has 2 aromatic rings. The zero-order valence-electron chi connectivity index (χ0n) is 11.6. The lowest BCUT2D eigenvalue weighted by atomic mass is 10.1. The van der Waals surface area contributed by atoms with Gasteiger partial charge in [0.1, 0.15) is 0 Å². The molecular weight excluding hydrogens is 336 g/mol. The summed E-state index contributed by atoms with van der Waals surface area (Å²) in [5.41, 5.74) is 0.905. The Balaban J connectivity index is 2.29. The first kappa shape index (κ1) is 15.3. The van der Waals surface area contributed by atoms with Gasteiger partial charge >= 0.3 is 5.97 Å². The van der Waals surface area contributed by atoms with Gasteiger partial charge in [0, 0.05) is 10.0 Å². The lowest BCUT2D eigenvalue weighted by molar-refractivity contribution is 0.0728. The second-order valence-electron chi connectivity index (χ2n) is 4.29. The maximum atomic E-state index is 12.1. The minimum atomic E-state index is -0.503. The third kappa shape index (κ3) is 3.49. The molecule has 0 amide bonds. The first-order chi connectivity index (χ1) is 10.0. The summed E-state index contributed by atoms with van der Waals surface area (Å²) < 4.78 is 11.1. The molecule has 0 bridgehead atoms. The molecule has 0 spiro atoms. The minimum Gasteiger partial charge on any atom is -0.493 e. The maximum absolute atomic E-state index is 12.1. The fraction of sp³-hybridized carbons (Fsp3) is 0.125. The molecule has 21 heavy (non-hydrogen) atoms. The average Bonchev–Trinajstić information content (AvgIpc) is 2.47. The van der Waals surface area contributed by atoms with Gasteiger partial charge < -0.3 is 9.47 Å². The van der Waals surface area contributed by atoms with Crippen molar-refractivity contribution >= 4 is 27.7 Å². The summed E-state index contributed by atoms with van der Waals surface area (Å²) in [5.74, 6) is 0.0136. The molecule has 0 radical (unpaired) electrons. The highest BCUT2D eigenvalue weighted by Gasteiger charge is 2.15. The molecular formula is C16H13BrO4. The van der Waals surface area contributed by atoms with E-state index in [0.29, 0.717) is 21.3 Å². The Morgan fingerprint density at radius 2 is 1.76 bits per heavy atom. The largest absolute Gasteiger partial charge is 0.493 e. The fourth-order valence-corrected chi connectivity index (χ4v) is 2.20. The number of methoxy groups -OCH3 is 1. The molecule has 0 aliphatic rings. The van der Waals surface area contributed by atoms with Crippen molar-refractivity contribution in [3.63, 3.8) is 0 Å². The standard InChI is InChI=1S/C16H13BrO4/c1-10(18)11-7-8-14(15(9-11)20-2)21-16(19)12-5-3-4-6-13(12)17/h3-9H,1-2H3. The highest BCUT2D eigenvalue weighted by Crippen LogP contribution is 2.29. The summed E-state index contributed by atoms with van der Waals surface area (Å²) in [4.78, 5) is 23.5. The Hall–Kier alpha value is -2.14. The van der Waals surface area contributed by atoms with Crippen molar-refractivity contribution in [2.45, 2.75) is 6.92 Å². The van der Waals surface area contributed by atoms with Gasteiger partial charge in [-0.15, -0.1) is 0 Å². The van der Waals surface area contributed by atoms with Crippen molar-refractivity contribution in [3.05, 3.63) is 58.1 Å². The van der Waals surface area contributed by atoms with E-state index in [4.69, 9.17) is 9.47 Å². The SMILES string of the molecule is COc1cc(C(C)=O)ccc1OC(=O)c1ccccc1Br. The number of halogens is 1. The summed E-state index contributed by atoms with van der Waals surface area (Å²) in [6.07, 6.45) is 0. The van der Waals surface area contributed by atoms with Gasteiger partial charge in [0.2, 0.25) is 0 Å². The molecule has 0 aliphatic heterocycles. The van der Waals surface area contributed by atoms with Crippen molar-refractivity contribution < 1.29 is 19.1 Å². The zero-order valence-corrected chi connectivity index (χ0v) is 13.1. The van der Waals surface area contributed by atoms with Crippen molar-refractivity contribution in [3.8, 4) is 11.5 Å². The van der Waals surface area contributed by atoms with Crippen LogP contribution in [0.4, 0.5) is 0 Å².